The first-order valence-electron chi connectivity index (χ1n) is 9.26. The van der Waals surface area contributed by atoms with E-state index in [1.54, 1.807) is 13.0 Å². The minimum atomic E-state index is -1.37. The van der Waals surface area contributed by atoms with Gasteiger partial charge in [0.25, 0.3) is 11.5 Å². The zero-order chi connectivity index (χ0) is 20.8. The predicted octanol–water partition coefficient (Wildman–Crippen LogP) is 3.08. The molecule has 0 saturated heterocycles. The number of benzene rings is 2. The number of aromatic nitrogens is 1. The van der Waals surface area contributed by atoms with Gasteiger partial charge in [-0.2, -0.15) is 0 Å². The molecule has 3 rings (SSSR count). The van der Waals surface area contributed by atoms with E-state index < -0.39 is 29.1 Å². The maximum absolute atomic E-state index is 13.2. The van der Waals surface area contributed by atoms with Gasteiger partial charge in [0.15, 0.2) is 11.8 Å². The van der Waals surface area contributed by atoms with E-state index in [0.29, 0.717) is 13.0 Å². The third-order valence-corrected chi connectivity index (χ3v) is 4.55. The molecule has 0 fully saturated rings. The fourth-order valence-electron chi connectivity index (χ4n) is 3.03. The van der Waals surface area contributed by atoms with E-state index in [-0.39, 0.29) is 5.56 Å². The van der Waals surface area contributed by atoms with Crippen molar-refractivity contribution in [1.29, 1.82) is 0 Å². The van der Waals surface area contributed by atoms with Crippen molar-refractivity contribution in [2.45, 2.75) is 19.4 Å². The topological polar surface area (TPSA) is 68.2 Å². The number of carbonyl (C=O) groups is 2. The largest absolute Gasteiger partial charge is 0.354 e. The molecule has 5 nitrogen and oxygen atoms in total. The van der Waals surface area contributed by atoms with Gasteiger partial charge in [-0.15, -0.1) is 0 Å². The van der Waals surface area contributed by atoms with Crippen molar-refractivity contribution < 1.29 is 14.0 Å². The van der Waals surface area contributed by atoms with Crippen molar-refractivity contribution in [2.24, 2.45) is 0 Å². The minimum Gasteiger partial charge on any atom is -0.354 e. The number of hydrogen-bond donors (Lipinski definition) is 1. The van der Waals surface area contributed by atoms with Crippen LogP contribution in [0.4, 0.5) is 4.39 Å². The van der Waals surface area contributed by atoms with Crippen molar-refractivity contribution >= 4 is 11.7 Å². The van der Waals surface area contributed by atoms with Crippen molar-refractivity contribution in [2.75, 3.05) is 6.54 Å². The lowest BCUT2D eigenvalue weighted by Gasteiger charge is -2.19. The van der Waals surface area contributed by atoms with Gasteiger partial charge in [0.2, 0.25) is 0 Å². The summed E-state index contributed by atoms with van der Waals surface area (Å²) in [7, 11) is 0. The first kappa shape index (κ1) is 20.2. The van der Waals surface area contributed by atoms with Crippen molar-refractivity contribution in [3.63, 3.8) is 0 Å². The Hall–Kier alpha value is -3.54. The van der Waals surface area contributed by atoms with E-state index in [1.165, 1.54) is 24.4 Å². The first-order chi connectivity index (χ1) is 14.0. The minimum absolute atomic E-state index is 0.156. The van der Waals surface area contributed by atoms with Crippen LogP contribution in [0.5, 0.6) is 0 Å². The molecule has 0 bridgehead atoms. The van der Waals surface area contributed by atoms with Crippen molar-refractivity contribution in [3.05, 3.63) is 106 Å². The molecule has 1 aromatic heterocycles. The molecule has 0 aliphatic carbocycles. The lowest BCUT2D eigenvalue weighted by molar-refractivity contribution is -0.123. The molecule has 1 atom stereocenters. The number of amides is 1. The quantitative estimate of drug-likeness (QED) is 0.496. The SMILES string of the molecule is Cc1ccc(=O)n([C@@H](C(=O)NCCc2ccccc2)C(=O)c2ccc(F)cc2)c1. The van der Waals surface area contributed by atoms with Crippen LogP contribution in [0.2, 0.25) is 0 Å². The Kier molecular flexibility index (Phi) is 6.34. The normalized spacial score (nSPS) is 11.7. The first-order valence-corrected chi connectivity index (χ1v) is 9.26. The van der Waals surface area contributed by atoms with Gasteiger partial charge in [0.1, 0.15) is 5.82 Å². The highest BCUT2D eigenvalue weighted by atomic mass is 19.1. The predicted molar refractivity (Wildman–Crippen MR) is 108 cm³/mol. The maximum atomic E-state index is 13.2. The molecular weight excluding hydrogens is 371 g/mol. The standard InChI is InChI=1S/C23H21FN2O3/c1-16-7-12-20(27)26(15-16)21(22(28)18-8-10-19(24)11-9-18)23(29)25-14-13-17-5-3-2-4-6-17/h2-12,15,21H,13-14H2,1H3,(H,25,29)/t21-/m1/s1. The molecule has 0 radical (unpaired) electrons. The Bertz CT molecular complexity index is 1060. The van der Waals surface area contributed by atoms with Crippen LogP contribution in [-0.4, -0.2) is 22.8 Å². The number of aryl methyl sites for hydroxylation is 1. The second kappa shape index (κ2) is 9.10. The van der Waals surface area contributed by atoms with Gasteiger partial charge in [-0.1, -0.05) is 36.4 Å². The molecule has 0 saturated carbocycles. The number of hydrogen-bond acceptors (Lipinski definition) is 3. The summed E-state index contributed by atoms with van der Waals surface area (Å²) in [4.78, 5) is 38.3. The number of carbonyl (C=O) groups excluding carboxylic acids is 2. The van der Waals surface area contributed by atoms with Crippen LogP contribution in [0.15, 0.2) is 77.7 Å². The molecule has 1 heterocycles. The molecule has 0 spiro atoms. The van der Waals surface area contributed by atoms with E-state index in [9.17, 15) is 18.8 Å². The highest BCUT2D eigenvalue weighted by Gasteiger charge is 2.30. The second-order valence-corrected chi connectivity index (χ2v) is 6.75. The molecule has 6 heteroatoms. The number of Topliss-reactive ketones (excluding diaryl/α,β-unsaturated/α-hetero) is 1. The van der Waals surface area contributed by atoms with Crippen molar-refractivity contribution in [1.82, 2.24) is 9.88 Å². The summed E-state index contributed by atoms with van der Waals surface area (Å²) in [6, 6.07) is 16.1. The fraction of sp³-hybridized carbons (Fsp3) is 0.174. The monoisotopic (exact) mass is 392 g/mol. The molecule has 0 aliphatic rings. The average molecular weight is 392 g/mol. The maximum Gasteiger partial charge on any atom is 0.251 e. The molecule has 0 unspecified atom stereocenters. The Morgan fingerprint density at radius 1 is 1.00 bits per heavy atom. The number of rotatable bonds is 7. The summed E-state index contributed by atoms with van der Waals surface area (Å²) in [5.41, 5.74) is 1.47. The third kappa shape index (κ3) is 5.04. The highest BCUT2D eigenvalue weighted by Crippen LogP contribution is 2.15. The second-order valence-electron chi connectivity index (χ2n) is 6.75. The number of halogens is 1. The third-order valence-electron chi connectivity index (χ3n) is 4.55. The number of nitrogens with one attached hydrogen (secondary N) is 1. The van der Waals surface area contributed by atoms with Crippen LogP contribution >= 0.6 is 0 Å². The summed E-state index contributed by atoms with van der Waals surface area (Å²) in [6.07, 6.45) is 2.07. The zero-order valence-corrected chi connectivity index (χ0v) is 16.0. The molecule has 1 amide bonds. The summed E-state index contributed by atoms with van der Waals surface area (Å²) in [5, 5.41) is 2.74. The lowest BCUT2D eigenvalue weighted by Crippen LogP contribution is -2.42. The smallest absolute Gasteiger partial charge is 0.251 e. The van der Waals surface area contributed by atoms with E-state index in [1.807, 2.05) is 30.3 Å². The van der Waals surface area contributed by atoms with Gasteiger partial charge >= 0.3 is 0 Å². The van der Waals surface area contributed by atoms with E-state index in [4.69, 9.17) is 0 Å². The summed E-state index contributed by atoms with van der Waals surface area (Å²) < 4.78 is 14.4. The number of pyridine rings is 1. The molecule has 29 heavy (non-hydrogen) atoms. The van der Waals surface area contributed by atoms with Crippen LogP contribution in [0.3, 0.4) is 0 Å². The molecule has 0 aliphatic heterocycles. The molecule has 148 valence electrons. The van der Waals surface area contributed by atoms with Gasteiger partial charge in [0.05, 0.1) is 0 Å². The molecule has 3 aromatic rings. The van der Waals surface area contributed by atoms with E-state index in [0.717, 1.165) is 27.8 Å². The fourth-order valence-corrected chi connectivity index (χ4v) is 3.03. The summed E-state index contributed by atoms with van der Waals surface area (Å²) in [5.74, 6) is -1.64. The molecule has 1 N–H and O–H groups in total. The van der Waals surface area contributed by atoms with Gasteiger partial charge in [-0.25, -0.2) is 4.39 Å². The zero-order valence-electron chi connectivity index (χ0n) is 16.0. The van der Waals surface area contributed by atoms with Crippen LogP contribution < -0.4 is 10.9 Å². The average Bonchev–Trinajstić information content (AvgIpc) is 2.72. The lowest BCUT2D eigenvalue weighted by atomic mass is 10.0. The summed E-state index contributed by atoms with van der Waals surface area (Å²) in [6.45, 7) is 2.08. The summed E-state index contributed by atoms with van der Waals surface area (Å²) >= 11 is 0. The van der Waals surface area contributed by atoms with E-state index in [2.05, 4.69) is 5.32 Å². The molecule has 2 aromatic carbocycles. The van der Waals surface area contributed by atoms with Gasteiger partial charge in [-0.3, -0.25) is 19.0 Å². The van der Waals surface area contributed by atoms with Gasteiger partial charge in [-0.05, 0) is 48.7 Å². The Balaban J connectivity index is 1.86. The van der Waals surface area contributed by atoms with Crippen LogP contribution in [-0.2, 0) is 11.2 Å². The van der Waals surface area contributed by atoms with Crippen LogP contribution in [0, 0.1) is 12.7 Å². The number of ketones is 1. The van der Waals surface area contributed by atoms with E-state index >= 15 is 0 Å². The Morgan fingerprint density at radius 2 is 1.69 bits per heavy atom. The van der Waals surface area contributed by atoms with Gasteiger partial charge < -0.3 is 5.32 Å². The van der Waals surface area contributed by atoms with Crippen LogP contribution in [0.1, 0.15) is 27.5 Å². The van der Waals surface area contributed by atoms with Gasteiger partial charge in [0, 0.05) is 24.4 Å². The molecular formula is C23H21FN2O3. The number of nitrogens with zero attached hydrogens (tertiary/aromatic N) is 1. The van der Waals surface area contributed by atoms with Crippen LogP contribution in [0.25, 0.3) is 0 Å². The Morgan fingerprint density at radius 3 is 2.38 bits per heavy atom. The Labute approximate surface area is 167 Å². The highest BCUT2D eigenvalue weighted by molar-refractivity contribution is 6.11. The van der Waals surface area contributed by atoms with Crippen molar-refractivity contribution in [3.8, 4) is 0 Å².